The first-order chi connectivity index (χ1) is 17.3. The molecule has 37 heavy (non-hydrogen) atoms. The lowest BCUT2D eigenvalue weighted by Gasteiger charge is -2.25. The molecular weight excluding hydrogens is 500 g/mol. The summed E-state index contributed by atoms with van der Waals surface area (Å²) < 4.78 is 4.89. The minimum absolute atomic E-state index is 0.296. The molecule has 1 atom stereocenters. The second-order valence-corrected chi connectivity index (χ2v) is 9.68. The third kappa shape index (κ3) is 6.12. The smallest absolute Gasteiger partial charge is 0.332 e. The van der Waals surface area contributed by atoms with Crippen molar-refractivity contribution < 1.29 is 19.1 Å². The number of rotatable bonds is 6. The fourth-order valence-electron chi connectivity index (χ4n) is 3.74. The van der Waals surface area contributed by atoms with Crippen LogP contribution in [0.15, 0.2) is 46.3 Å². The minimum Gasteiger partial charge on any atom is -0.468 e. The number of para-hydroxylation sites is 1. The number of amides is 3. The van der Waals surface area contributed by atoms with Crippen LogP contribution < -0.4 is 22.0 Å². The first-order valence-corrected chi connectivity index (χ1v) is 11.5. The number of aromatic amines is 1. The number of ether oxygens (including phenoxy) is 1. The molecule has 0 saturated heterocycles. The van der Waals surface area contributed by atoms with Crippen molar-refractivity contribution in [2.75, 3.05) is 12.4 Å². The van der Waals surface area contributed by atoms with E-state index >= 15 is 0 Å². The van der Waals surface area contributed by atoms with Crippen LogP contribution in [-0.2, 0) is 19.7 Å². The second-order valence-electron chi connectivity index (χ2n) is 9.24. The van der Waals surface area contributed by atoms with Crippen molar-refractivity contribution in [3.8, 4) is 0 Å². The summed E-state index contributed by atoms with van der Waals surface area (Å²) >= 11 is 6.00. The predicted molar refractivity (Wildman–Crippen MR) is 141 cm³/mol. The molecule has 5 N–H and O–H groups in total. The molecule has 3 amide bonds. The van der Waals surface area contributed by atoms with Gasteiger partial charge in [-0.2, -0.15) is 5.10 Å². The number of nitrogens with two attached hydrogens (primary N) is 1. The second kappa shape index (κ2) is 10.8. The summed E-state index contributed by atoms with van der Waals surface area (Å²) in [6.45, 7) is 7.73. The van der Waals surface area contributed by atoms with E-state index in [9.17, 15) is 19.2 Å². The van der Waals surface area contributed by atoms with Crippen LogP contribution in [0, 0.1) is 6.92 Å². The van der Waals surface area contributed by atoms with E-state index in [2.05, 4.69) is 20.4 Å². The number of hydrogen-bond donors (Lipinski definition) is 4. The summed E-state index contributed by atoms with van der Waals surface area (Å²) in [5.41, 5.74) is 7.74. The topological polar surface area (TPSA) is 169 Å². The van der Waals surface area contributed by atoms with Gasteiger partial charge >= 0.3 is 12.0 Å². The molecule has 0 radical (unpaired) electrons. The lowest BCUT2D eigenvalue weighted by Crippen LogP contribution is -2.40. The highest BCUT2D eigenvalue weighted by Crippen LogP contribution is 2.32. The number of hydrazone groups is 1. The summed E-state index contributed by atoms with van der Waals surface area (Å²) in [6.07, 6.45) is 0. The number of benzene rings is 2. The zero-order valence-electron chi connectivity index (χ0n) is 20.9. The van der Waals surface area contributed by atoms with Gasteiger partial charge in [0.15, 0.2) is 5.92 Å². The van der Waals surface area contributed by atoms with E-state index in [0.717, 1.165) is 18.2 Å². The van der Waals surface area contributed by atoms with Gasteiger partial charge in [-0.1, -0.05) is 50.6 Å². The summed E-state index contributed by atoms with van der Waals surface area (Å²) in [7, 11) is 1.08. The average molecular weight is 527 g/mol. The van der Waals surface area contributed by atoms with Crippen molar-refractivity contribution in [3.63, 3.8) is 0 Å². The molecule has 0 spiro atoms. The van der Waals surface area contributed by atoms with Gasteiger partial charge in [0, 0.05) is 10.7 Å². The molecule has 0 aliphatic heterocycles. The number of carbonyl (C=O) groups excluding carboxylic acids is 3. The van der Waals surface area contributed by atoms with Crippen LogP contribution in [0.1, 0.15) is 43.5 Å². The standard InChI is InChI=1S/C25H27ClN6O5/c1-12-7-6-8-14(25(2,3)4)18(12)30-22(34)20(31-32-24(27)36)17(23(35)37-5)19-21(33)29-16-11-13(26)9-10-15(16)28-19/h6-11,17H,1-5H3,(H,29,33)(H,30,34)(H3,27,32,36)/b31-20-/t17-/m1/s1. The molecule has 194 valence electrons. The van der Waals surface area contributed by atoms with Crippen LogP contribution in [-0.4, -0.2) is 40.7 Å². The van der Waals surface area contributed by atoms with Gasteiger partial charge in [-0.3, -0.25) is 14.4 Å². The number of urea groups is 1. The maximum absolute atomic E-state index is 13.6. The zero-order chi connectivity index (χ0) is 27.5. The SMILES string of the molecule is COC(=O)[C@@H](/C(=N/NC(N)=O)C(=O)Nc1c(C)cccc1C(C)(C)C)c1nc2ccc(Cl)cc2[nH]c1=O. The Balaban J connectivity index is 2.20. The van der Waals surface area contributed by atoms with Gasteiger partial charge in [0.05, 0.1) is 18.1 Å². The molecule has 11 nitrogen and oxygen atoms in total. The number of fused-ring (bicyclic) bond motifs is 1. The lowest BCUT2D eigenvalue weighted by molar-refractivity contribution is -0.141. The molecule has 2 aromatic carbocycles. The van der Waals surface area contributed by atoms with Crippen LogP contribution in [0.5, 0.6) is 0 Å². The Hall–Kier alpha value is -4.25. The largest absolute Gasteiger partial charge is 0.468 e. The number of anilines is 1. The number of carbonyl (C=O) groups is 3. The van der Waals surface area contributed by atoms with Gasteiger partial charge in [-0.05, 0) is 41.7 Å². The highest BCUT2D eigenvalue weighted by molar-refractivity contribution is 6.48. The van der Waals surface area contributed by atoms with Crippen molar-refractivity contribution in [3.05, 3.63) is 68.6 Å². The van der Waals surface area contributed by atoms with E-state index in [1.165, 1.54) is 12.1 Å². The molecule has 0 saturated carbocycles. The first-order valence-electron chi connectivity index (χ1n) is 11.1. The summed E-state index contributed by atoms with van der Waals surface area (Å²) in [5, 5.41) is 6.93. The molecule has 12 heteroatoms. The molecule has 0 fully saturated rings. The summed E-state index contributed by atoms with van der Waals surface area (Å²) in [5.74, 6) is -3.59. The van der Waals surface area contributed by atoms with E-state index in [4.69, 9.17) is 22.1 Å². The van der Waals surface area contributed by atoms with E-state index < -0.39 is 35.1 Å². The van der Waals surface area contributed by atoms with Crippen LogP contribution in [0.4, 0.5) is 10.5 Å². The number of nitrogens with zero attached hydrogens (tertiary/aromatic N) is 2. The highest BCUT2D eigenvalue weighted by Gasteiger charge is 2.37. The van der Waals surface area contributed by atoms with Gasteiger partial charge in [0.2, 0.25) is 0 Å². The average Bonchev–Trinajstić information content (AvgIpc) is 2.81. The van der Waals surface area contributed by atoms with Crippen LogP contribution >= 0.6 is 11.6 Å². The molecule has 0 aliphatic rings. The number of primary amides is 1. The van der Waals surface area contributed by atoms with Crippen molar-refractivity contribution in [1.29, 1.82) is 0 Å². The van der Waals surface area contributed by atoms with E-state index in [-0.39, 0.29) is 11.1 Å². The summed E-state index contributed by atoms with van der Waals surface area (Å²) in [4.78, 5) is 57.9. The van der Waals surface area contributed by atoms with Gasteiger partial charge in [-0.25, -0.2) is 15.2 Å². The van der Waals surface area contributed by atoms with Crippen LogP contribution in [0.25, 0.3) is 11.0 Å². The third-order valence-corrected chi connectivity index (χ3v) is 5.74. The molecular formula is C25H27ClN6O5. The van der Waals surface area contributed by atoms with Crippen molar-refractivity contribution in [2.24, 2.45) is 10.8 Å². The Kier molecular flexibility index (Phi) is 7.97. The van der Waals surface area contributed by atoms with Crippen LogP contribution in [0.2, 0.25) is 5.02 Å². The van der Waals surface area contributed by atoms with Gasteiger partial charge in [0.25, 0.3) is 11.5 Å². The Bertz CT molecular complexity index is 1470. The zero-order valence-corrected chi connectivity index (χ0v) is 21.7. The Morgan fingerprint density at radius 2 is 1.89 bits per heavy atom. The highest BCUT2D eigenvalue weighted by atomic mass is 35.5. The van der Waals surface area contributed by atoms with E-state index in [1.54, 1.807) is 6.07 Å². The summed E-state index contributed by atoms with van der Waals surface area (Å²) in [6, 6.07) is 9.01. The molecule has 0 unspecified atom stereocenters. The van der Waals surface area contributed by atoms with Gasteiger partial charge in [-0.15, -0.1) is 0 Å². The number of aryl methyl sites for hydroxylation is 1. The monoisotopic (exact) mass is 526 g/mol. The quantitative estimate of drug-likeness (QED) is 0.218. The van der Waals surface area contributed by atoms with Crippen molar-refractivity contribution >= 4 is 51.9 Å². The maximum atomic E-state index is 13.6. The number of methoxy groups -OCH3 is 1. The molecule has 3 aromatic rings. The van der Waals surface area contributed by atoms with Gasteiger partial charge < -0.3 is 20.8 Å². The molecule has 1 heterocycles. The number of esters is 1. The number of H-pyrrole nitrogens is 1. The van der Waals surface area contributed by atoms with Crippen LogP contribution in [0.3, 0.4) is 0 Å². The Morgan fingerprint density at radius 3 is 2.51 bits per heavy atom. The maximum Gasteiger partial charge on any atom is 0.332 e. The molecule has 1 aromatic heterocycles. The molecule has 0 bridgehead atoms. The molecule has 3 rings (SSSR count). The van der Waals surface area contributed by atoms with Crippen molar-refractivity contribution in [1.82, 2.24) is 15.4 Å². The van der Waals surface area contributed by atoms with Crippen molar-refractivity contribution in [2.45, 2.75) is 39.0 Å². The fraction of sp³-hybridized carbons (Fsp3) is 0.280. The lowest BCUT2D eigenvalue weighted by atomic mass is 9.84. The Morgan fingerprint density at radius 1 is 1.19 bits per heavy atom. The van der Waals surface area contributed by atoms with E-state index in [0.29, 0.717) is 21.7 Å². The van der Waals surface area contributed by atoms with Gasteiger partial charge in [0.1, 0.15) is 11.4 Å². The van der Waals surface area contributed by atoms with E-state index in [1.807, 2.05) is 51.3 Å². The molecule has 0 aliphatic carbocycles. The predicted octanol–water partition coefficient (Wildman–Crippen LogP) is 3.10. The first kappa shape index (κ1) is 27.3. The normalized spacial score (nSPS) is 12.6. The number of hydrogen-bond acceptors (Lipinski definition) is 7. The minimum atomic E-state index is -1.71. The number of nitrogens with one attached hydrogen (secondary N) is 3. The number of aromatic nitrogens is 2. The number of halogens is 1. The fourth-order valence-corrected chi connectivity index (χ4v) is 3.91. The Labute approximate surface area is 217 Å². The third-order valence-electron chi connectivity index (χ3n) is 5.50.